The Kier molecular flexibility index (Phi) is 4.60. The highest BCUT2D eigenvalue weighted by Gasteiger charge is 2.35. The molecule has 1 aliphatic rings. The average molecular weight is 422 g/mol. The Labute approximate surface area is 183 Å². The third-order valence-electron chi connectivity index (χ3n) is 5.32. The van der Waals surface area contributed by atoms with Gasteiger partial charge in [0.25, 0.3) is 0 Å². The fraction of sp³-hybridized carbons (Fsp3) is 0. The zero-order chi connectivity index (χ0) is 22.2. The second-order valence-electron chi connectivity index (χ2n) is 7.38. The lowest BCUT2D eigenvalue weighted by atomic mass is 9.82. The number of nitrogen functional groups attached to an aromatic ring is 1. The summed E-state index contributed by atoms with van der Waals surface area (Å²) < 4.78 is 5.94. The second-order valence-corrected chi connectivity index (χ2v) is 7.38. The molecule has 1 aliphatic carbocycles. The first-order valence-corrected chi connectivity index (χ1v) is 9.97. The summed E-state index contributed by atoms with van der Waals surface area (Å²) in [6.07, 6.45) is 0. The van der Waals surface area contributed by atoms with E-state index in [4.69, 9.17) is 10.5 Å². The van der Waals surface area contributed by atoms with Crippen LogP contribution in [0.15, 0.2) is 84.9 Å². The Hall–Kier alpha value is -4.58. The molecule has 0 radical (unpaired) electrons. The van der Waals surface area contributed by atoms with Gasteiger partial charge in [0.15, 0.2) is 17.3 Å². The van der Waals surface area contributed by atoms with E-state index in [0.717, 1.165) is 5.69 Å². The van der Waals surface area contributed by atoms with Gasteiger partial charge in [0.2, 0.25) is 0 Å². The highest BCUT2D eigenvalue weighted by molar-refractivity contribution is 6.32. The third kappa shape index (κ3) is 3.24. The van der Waals surface area contributed by atoms with Crippen molar-refractivity contribution >= 4 is 28.6 Å². The quantitative estimate of drug-likeness (QED) is 0.340. The van der Waals surface area contributed by atoms with Gasteiger partial charge < -0.3 is 20.9 Å². The number of rotatable bonds is 4. The van der Waals surface area contributed by atoms with Gasteiger partial charge in [-0.1, -0.05) is 42.5 Å². The largest absolute Gasteiger partial charge is 0.508 e. The first-order chi connectivity index (χ1) is 15.5. The van der Waals surface area contributed by atoms with Crippen molar-refractivity contribution in [2.45, 2.75) is 0 Å². The Morgan fingerprint density at radius 3 is 2.00 bits per heavy atom. The second kappa shape index (κ2) is 7.59. The number of hydrogen-bond donors (Lipinski definition) is 3. The van der Waals surface area contributed by atoms with Crippen molar-refractivity contribution in [1.29, 1.82) is 0 Å². The number of ether oxygens (including phenoxy) is 1. The molecule has 0 saturated carbocycles. The minimum Gasteiger partial charge on any atom is -0.508 e. The molecule has 6 nitrogen and oxygen atoms in total. The lowest BCUT2D eigenvalue weighted by molar-refractivity contribution is 0.0980. The number of nitrogens with two attached hydrogens (primary N) is 1. The van der Waals surface area contributed by atoms with Gasteiger partial charge in [-0.05, 0) is 36.4 Å². The van der Waals surface area contributed by atoms with Crippen LogP contribution in [0.4, 0.5) is 17.1 Å². The number of aromatic hydroxyl groups is 1. The first-order valence-electron chi connectivity index (χ1n) is 9.97. The van der Waals surface area contributed by atoms with Gasteiger partial charge in [-0.25, -0.2) is 0 Å². The molecule has 4 N–H and O–H groups in total. The van der Waals surface area contributed by atoms with Crippen molar-refractivity contribution in [1.82, 2.24) is 0 Å². The normalized spacial score (nSPS) is 12.1. The van der Waals surface area contributed by atoms with E-state index in [9.17, 15) is 14.7 Å². The molecule has 32 heavy (non-hydrogen) atoms. The molecule has 4 aromatic rings. The molecule has 0 unspecified atom stereocenters. The topological polar surface area (TPSA) is 102 Å². The molecule has 0 fully saturated rings. The number of carbonyl (C=O) groups excluding carboxylic acids is 2. The van der Waals surface area contributed by atoms with E-state index < -0.39 is 0 Å². The van der Waals surface area contributed by atoms with E-state index in [1.54, 1.807) is 42.5 Å². The minimum atomic E-state index is -0.333. The molecular weight excluding hydrogens is 404 g/mol. The maximum atomic E-state index is 13.4. The van der Waals surface area contributed by atoms with E-state index in [2.05, 4.69) is 5.32 Å². The molecular formula is C26H18N2O4. The van der Waals surface area contributed by atoms with Crippen LogP contribution in [0.2, 0.25) is 0 Å². The van der Waals surface area contributed by atoms with Crippen molar-refractivity contribution in [2.24, 2.45) is 0 Å². The maximum absolute atomic E-state index is 13.4. The zero-order valence-corrected chi connectivity index (χ0v) is 16.8. The first kappa shape index (κ1) is 19.4. The van der Waals surface area contributed by atoms with Crippen LogP contribution in [0.1, 0.15) is 31.8 Å². The van der Waals surface area contributed by atoms with Crippen LogP contribution < -0.4 is 15.8 Å². The number of carbonyl (C=O) groups is 2. The molecule has 6 heteroatoms. The number of benzene rings is 4. The Morgan fingerprint density at radius 2 is 1.34 bits per heavy atom. The summed E-state index contributed by atoms with van der Waals surface area (Å²) in [6, 6.07) is 23.8. The number of phenols is 1. The van der Waals surface area contributed by atoms with Crippen LogP contribution in [0, 0.1) is 0 Å². The summed E-state index contributed by atoms with van der Waals surface area (Å²) in [6.45, 7) is 0. The summed E-state index contributed by atoms with van der Waals surface area (Å²) in [4.78, 5) is 26.8. The maximum Gasteiger partial charge on any atom is 0.196 e. The monoisotopic (exact) mass is 422 g/mol. The highest BCUT2D eigenvalue weighted by atomic mass is 16.5. The molecule has 0 spiro atoms. The standard InChI is InChI=1S/C26H18N2O4/c27-24-21(32-17-12-10-16(29)11-13-17)14-20(28-15-6-2-1-3-7-15)22-23(24)26(31)19-9-5-4-8-18(19)25(22)30/h1-14,28-29H,27H2. The smallest absolute Gasteiger partial charge is 0.196 e. The number of phenolic OH excluding ortho intramolecular Hbond substituents is 1. The van der Waals surface area contributed by atoms with Crippen LogP contribution in [-0.4, -0.2) is 16.7 Å². The van der Waals surface area contributed by atoms with Crippen molar-refractivity contribution in [2.75, 3.05) is 11.1 Å². The summed E-state index contributed by atoms with van der Waals surface area (Å²) >= 11 is 0. The number of fused-ring (bicyclic) bond motifs is 2. The van der Waals surface area contributed by atoms with Gasteiger partial charge in [0.05, 0.1) is 22.5 Å². The molecule has 0 heterocycles. The molecule has 0 bridgehead atoms. The Bertz CT molecular complexity index is 1360. The van der Waals surface area contributed by atoms with E-state index in [0.29, 0.717) is 22.6 Å². The van der Waals surface area contributed by atoms with Crippen LogP contribution in [0.5, 0.6) is 17.2 Å². The van der Waals surface area contributed by atoms with Crippen LogP contribution in [0.3, 0.4) is 0 Å². The van der Waals surface area contributed by atoms with Gasteiger partial charge in [-0.2, -0.15) is 0 Å². The number of nitrogens with one attached hydrogen (secondary N) is 1. The summed E-state index contributed by atoms with van der Waals surface area (Å²) in [5.41, 5.74) is 8.60. The summed E-state index contributed by atoms with van der Waals surface area (Å²) in [5.74, 6) is 0.138. The van der Waals surface area contributed by atoms with Crippen LogP contribution in [-0.2, 0) is 0 Å². The molecule has 0 amide bonds. The van der Waals surface area contributed by atoms with Crippen molar-refractivity contribution in [3.05, 3.63) is 107 Å². The van der Waals surface area contributed by atoms with Crippen molar-refractivity contribution in [3.63, 3.8) is 0 Å². The number of hydrogen-bond acceptors (Lipinski definition) is 6. The minimum absolute atomic E-state index is 0.0829. The van der Waals surface area contributed by atoms with Gasteiger partial charge in [-0.15, -0.1) is 0 Å². The lowest BCUT2D eigenvalue weighted by Gasteiger charge is -2.24. The van der Waals surface area contributed by atoms with Crippen molar-refractivity contribution in [3.8, 4) is 17.2 Å². The molecule has 156 valence electrons. The van der Waals surface area contributed by atoms with Crippen molar-refractivity contribution < 1.29 is 19.4 Å². The van der Waals surface area contributed by atoms with E-state index in [-0.39, 0.29) is 39.9 Å². The highest BCUT2D eigenvalue weighted by Crippen LogP contribution is 2.43. The van der Waals surface area contributed by atoms with Crippen LogP contribution in [0.25, 0.3) is 0 Å². The summed E-state index contributed by atoms with van der Waals surface area (Å²) in [5, 5.41) is 12.8. The van der Waals surface area contributed by atoms with Gasteiger partial charge in [0, 0.05) is 22.9 Å². The zero-order valence-electron chi connectivity index (χ0n) is 16.8. The van der Waals surface area contributed by atoms with Gasteiger partial charge >= 0.3 is 0 Å². The number of ketones is 2. The Balaban J connectivity index is 1.70. The fourth-order valence-corrected chi connectivity index (χ4v) is 3.79. The third-order valence-corrected chi connectivity index (χ3v) is 5.32. The van der Waals surface area contributed by atoms with E-state index in [1.807, 2.05) is 30.3 Å². The summed E-state index contributed by atoms with van der Waals surface area (Å²) in [7, 11) is 0. The van der Waals surface area contributed by atoms with Gasteiger partial charge in [0.1, 0.15) is 11.5 Å². The number of anilines is 3. The number of para-hydroxylation sites is 1. The van der Waals surface area contributed by atoms with E-state index in [1.165, 1.54) is 12.1 Å². The molecule has 5 rings (SSSR count). The molecule has 0 atom stereocenters. The average Bonchev–Trinajstić information content (AvgIpc) is 2.81. The molecule has 0 aromatic heterocycles. The van der Waals surface area contributed by atoms with Crippen LogP contribution >= 0.6 is 0 Å². The SMILES string of the molecule is Nc1c(Oc2ccc(O)cc2)cc(Nc2ccccc2)c2c1C(=O)c1ccccc1C2=O. The lowest BCUT2D eigenvalue weighted by Crippen LogP contribution is -2.24. The molecule has 4 aromatic carbocycles. The molecule has 0 saturated heterocycles. The fourth-order valence-electron chi connectivity index (χ4n) is 3.79. The Morgan fingerprint density at radius 1 is 0.750 bits per heavy atom. The van der Waals surface area contributed by atoms with E-state index >= 15 is 0 Å². The molecule has 0 aliphatic heterocycles. The van der Waals surface area contributed by atoms with Gasteiger partial charge in [-0.3, -0.25) is 9.59 Å². The predicted molar refractivity (Wildman–Crippen MR) is 122 cm³/mol. The predicted octanol–water partition coefficient (Wildman–Crippen LogP) is 5.29.